The van der Waals surface area contributed by atoms with Crippen LogP contribution in [0.15, 0.2) is 33.9 Å². The Morgan fingerprint density at radius 2 is 2.00 bits per heavy atom. The molecular formula is C13H12ClN3O3. The van der Waals surface area contributed by atoms with Crippen molar-refractivity contribution in [2.75, 3.05) is 5.32 Å². The number of hydrogen-bond acceptors (Lipinski definition) is 3. The summed E-state index contributed by atoms with van der Waals surface area (Å²) < 4.78 is 0. The SMILES string of the molecule is Cc1cc(Cl)ccc1NC(=O)Cc1cc(=O)[nH]c(=O)[nH]1. The van der Waals surface area contributed by atoms with Gasteiger partial charge in [0, 0.05) is 22.5 Å². The van der Waals surface area contributed by atoms with E-state index < -0.39 is 11.2 Å². The average molecular weight is 294 g/mol. The summed E-state index contributed by atoms with van der Waals surface area (Å²) in [6.45, 7) is 1.82. The van der Waals surface area contributed by atoms with Gasteiger partial charge in [0.05, 0.1) is 6.42 Å². The predicted molar refractivity (Wildman–Crippen MR) is 76.2 cm³/mol. The molecule has 0 aliphatic heterocycles. The van der Waals surface area contributed by atoms with Crippen LogP contribution in [0.1, 0.15) is 11.3 Å². The summed E-state index contributed by atoms with van der Waals surface area (Å²) in [4.78, 5) is 38.5. The van der Waals surface area contributed by atoms with Gasteiger partial charge >= 0.3 is 5.69 Å². The van der Waals surface area contributed by atoms with E-state index in [-0.39, 0.29) is 18.0 Å². The monoisotopic (exact) mass is 293 g/mol. The van der Waals surface area contributed by atoms with Crippen LogP contribution < -0.4 is 16.6 Å². The number of aryl methyl sites for hydroxylation is 1. The summed E-state index contributed by atoms with van der Waals surface area (Å²) in [7, 11) is 0. The average Bonchev–Trinajstić information content (AvgIpc) is 2.31. The molecule has 0 radical (unpaired) electrons. The highest BCUT2D eigenvalue weighted by Gasteiger charge is 2.07. The lowest BCUT2D eigenvalue weighted by Gasteiger charge is -2.08. The van der Waals surface area contributed by atoms with E-state index in [4.69, 9.17) is 11.6 Å². The van der Waals surface area contributed by atoms with Crippen LogP contribution in [0.5, 0.6) is 0 Å². The molecule has 6 nitrogen and oxygen atoms in total. The number of amides is 1. The van der Waals surface area contributed by atoms with Gasteiger partial charge in [0.25, 0.3) is 5.56 Å². The van der Waals surface area contributed by atoms with Crippen molar-refractivity contribution in [2.24, 2.45) is 0 Å². The first-order chi connectivity index (χ1) is 9.44. The number of carbonyl (C=O) groups is 1. The summed E-state index contributed by atoms with van der Waals surface area (Å²) in [5, 5.41) is 3.28. The van der Waals surface area contributed by atoms with Crippen molar-refractivity contribution < 1.29 is 4.79 Å². The maximum Gasteiger partial charge on any atom is 0.325 e. The van der Waals surface area contributed by atoms with Crippen molar-refractivity contribution in [2.45, 2.75) is 13.3 Å². The van der Waals surface area contributed by atoms with Gasteiger partial charge in [-0.15, -0.1) is 0 Å². The molecule has 0 bridgehead atoms. The molecular weight excluding hydrogens is 282 g/mol. The zero-order chi connectivity index (χ0) is 14.7. The fourth-order valence-corrected chi connectivity index (χ4v) is 1.98. The normalized spacial score (nSPS) is 10.3. The number of H-pyrrole nitrogens is 2. The zero-order valence-electron chi connectivity index (χ0n) is 10.6. The molecule has 2 rings (SSSR count). The van der Waals surface area contributed by atoms with Gasteiger partial charge in [-0.1, -0.05) is 11.6 Å². The largest absolute Gasteiger partial charge is 0.326 e. The Kier molecular flexibility index (Phi) is 4.05. The molecule has 1 heterocycles. The van der Waals surface area contributed by atoms with E-state index in [1.807, 2.05) is 11.9 Å². The van der Waals surface area contributed by atoms with Crippen LogP contribution in [0.3, 0.4) is 0 Å². The minimum atomic E-state index is -0.636. The van der Waals surface area contributed by atoms with E-state index in [1.165, 1.54) is 6.07 Å². The van der Waals surface area contributed by atoms with E-state index in [9.17, 15) is 14.4 Å². The highest BCUT2D eigenvalue weighted by molar-refractivity contribution is 6.30. The fraction of sp³-hybridized carbons (Fsp3) is 0.154. The van der Waals surface area contributed by atoms with Gasteiger partial charge < -0.3 is 10.3 Å². The van der Waals surface area contributed by atoms with E-state index in [1.54, 1.807) is 18.2 Å². The van der Waals surface area contributed by atoms with E-state index in [2.05, 4.69) is 10.3 Å². The summed E-state index contributed by atoms with van der Waals surface area (Å²) >= 11 is 5.83. The van der Waals surface area contributed by atoms with Gasteiger partial charge in [0.15, 0.2) is 0 Å². The van der Waals surface area contributed by atoms with Crippen LogP contribution in [-0.2, 0) is 11.2 Å². The summed E-state index contributed by atoms with van der Waals surface area (Å²) in [5.41, 5.74) is 0.530. The van der Waals surface area contributed by atoms with Crippen molar-refractivity contribution in [3.05, 3.63) is 61.4 Å². The number of nitrogens with one attached hydrogen (secondary N) is 3. The number of benzene rings is 1. The van der Waals surface area contributed by atoms with Crippen molar-refractivity contribution in [3.63, 3.8) is 0 Å². The maximum atomic E-state index is 11.9. The van der Waals surface area contributed by atoms with Crippen molar-refractivity contribution in [3.8, 4) is 0 Å². The Morgan fingerprint density at radius 1 is 1.25 bits per heavy atom. The molecule has 0 aliphatic rings. The lowest BCUT2D eigenvalue weighted by atomic mass is 10.2. The van der Waals surface area contributed by atoms with E-state index >= 15 is 0 Å². The standard InChI is InChI=1S/C13H12ClN3O3/c1-7-4-8(14)2-3-10(7)16-11(18)5-9-6-12(19)17-13(20)15-9/h2-4,6H,5H2,1H3,(H,16,18)(H2,15,17,19,20). The van der Waals surface area contributed by atoms with Crippen molar-refractivity contribution >= 4 is 23.2 Å². The third-order valence-electron chi connectivity index (χ3n) is 2.63. The third kappa shape index (κ3) is 3.58. The fourth-order valence-electron chi connectivity index (χ4n) is 1.75. The Morgan fingerprint density at radius 3 is 2.65 bits per heavy atom. The van der Waals surface area contributed by atoms with Crippen LogP contribution in [0.25, 0.3) is 0 Å². The molecule has 7 heteroatoms. The number of halogens is 1. The molecule has 0 saturated heterocycles. The first-order valence-corrected chi connectivity index (χ1v) is 6.20. The number of rotatable bonds is 3. The number of carbonyl (C=O) groups excluding carboxylic acids is 1. The number of aromatic amines is 2. The molecule has 104 valence electrons. The lowest BCUT2D eigenvalue weighted by molar-refractivity contribution is -0.115. The minimum Gasteiger partial charge on any atom is -0.326 e. The third-order valence-corrected chi connectivity index (χ3v) is 2.86. The number of aromatic nitrogens is 2. The highest BCUT2D eigenvalue weighted by atomic mass is 35.5. The van der Waals surface area contributed by atoms with Crippen LogP contribution in [-0.4, -0.2) is 15.9 Å². The molecule has 0 saturated carbocycles. The predicted octanol–water partition coefficient (Wildman–Crippen LogP) is 1.21. The van der Waals surface area contributed by atoms with Crippen molar-refractivity contribution in [1.82, 2.24) is 9.97 Å². The molecule has 1 amide bonds. The van der Waals surface area contributed by atoms with Gasteiger partial charge in [-0.2, -0.15) is 0 Å². The smallest absolute Gasteiger partial charge is 0.325 e. The van der Waals surface area contributed by atoms with Crippen LogP contribution in [0.2, 0.25) is 5.02 Å². The molecule has 20 heavy (non-hydrogen) atoms. The van der Waals surface area contributed by atoms with Crippen LogP contribution in [0, 0.1) is 6.92 Å². The van der Waals surface area contributed by atoms with Crippen LogP contribution in [0.4, 0.5) is 5.69 Å². The number of anilines is 1. The summed E-state index contributed by atoms with van der Waals surface area (Å²) in [6, 6.07) is 6.26. The molecule has 0 fully saturated rings. The molecule has 0 aliphatic carbocycles. The van der Waals surface area contributed by atoms with Crippen LogP contribution >= 0.6 is 11.6 Å². The van der Waals surface area contributed by atoms with Gasteiger partial charge in [0.1, 0.15) is 0 Å². The molecule has 1 aromatic carbocycles. The Hall–Kier alpha value is -2.34. The Balaban J connectivity index is 2.12. The highest BCUT2D eigenvalue weighted by Crippen LogP contribution is 2.19. The molecule has 1 aromatic heterocycles. The quantitative estimate of drug-likeness (QED) is 0.793. The van der Waals surface area contributed by atoms with Gasteiger partial charge in [-0.25, -0.2) is 4.79 Å². The summed E-state index contributed by atoms with van der Waals surface area (Å²) in [5.74, 6) is -0.336. The first kappa shape index (κ1) is 14.1. The molecule has 2 aromatic rings. The summed E-state index contributed by atoms with van der Waals surface area (Å²) in [6.07, 6.45) is -0.0960. The number of hydrogen-bond donors (Lipinski definition) is 3. The lowest BCUT2D eigenvalue weighted by Crippen LogP contribution is -2.25. The minimum absolute atomic E-state index is 0.0960. The van der Waals surface area contributed by atoms with Gasteiger partial charge in [-0.3, -0.25) is 14.6 Å². The second kappa shape index (κ2) is 5.75. The zero-order valence-corrected chi connectivity index (χ0v) is 11.4. The molecule has 3 N–H and O–H groups in total. The topological polar surface area (TPSA) is 94.8 Å². The van der Waals surface area contributed by atoms with Gasteiger partial charge in [0.2, 0.25) is 5.91 Å². The molecule has 0 atom stereocenters. The maximum absolute atomic E-state index is 11.9. The van der Waals surface area contributed by atoms with E-state index in [0.29, 0.717) is 10.7 Å². The second-order valence-electron chi connectivity index (χ2n) is 4.30. The Labute approximate surface area is 118 Å². The Bertz CT molecular complexity index is 736. The van der Waals surface area contributed by atoms with Gasteiger partial charge in [-0.05, 0) is 30.7 Å². The second-order valence-corrected chi connectivity index (χ2v) is 4.73. The molecule has 0 unspecified atom stereocenters. The van der Waals surface area contributed by atoms with Crippen molar-refractivity contribution in [1.29, 1.82) is 0 Å². The molecule has 0 spiro atoms. The first-order valence-electron chi connectivity index (χ1n) is 5.82. The van der Waals surface area contributed by atoms with E-state index in [0.717, 1.165) is 5.56 Å².